The zero-order chi connectivity index (χ0) is 20.7. The molecule has 0 bridgehead atoms. The minimum atomic E-state index is -0.0411. The molecule has 0 unspecified atom stereocenters. The largest absolute Gasteiger partial charge is 0.492 e. The van der Waals surface area contributed by atoms with Gasteiger partial charge in [-0.15, -0.1) is 0 Å². The monoisotopic (exact) mass is 439 g/mol. The average molecular weight is 440 g/mol. The van der Waals surface area contributed by atoms with Crippen molar-refractivity contribution in [3.8, 4) is 5.88 Å². The first kappa shape index (κ1) is 19.4. The number of hydrogen-bond acceptors (Lipinski definition) is 6. The predicted octanol–water partition coefficient (Wildman–Crippen LogP) is 4.37. The van der Waals surface area contributed by atoms with Gasteiger partial charge in [-0.2, -0.15) is 9.61 Å². The molecule has 1 atom stereocenters. The Morgan fingerprint density at radius 3 is 2.53 bits per heavy atom. The minimum absolute atomic E-state index is 0.0411. The summed E-state index contributed by atoms with van der Waals surface area (Å²) in [5, 5.41) is 15.8. The summed E-state index contributed by atoms with van der Waals surface area (Å²) in [5.41, 5.74) is 3.53. The van der Waals surface area contributed by atoms with Gasteiger partial charge in [-0.05, 0) is 30.7 Å². The summed E-state index contributed by atoms with van der Waals surface area (Å²) in [6, 6.07) is 16.5. The van der Waals surface area contributed by atoms with E-state index in [0.717, 1.165) is 47.3 Å². The second kappa shape index (κ2) is 7.91. The number of halogens is 1. The summed E-state index contributed by atoms with van der Waals surface area (Å²) in [6.07, 6.45) is 1.47. The Morgan fingerprint density at radius 1 is 1.07 bits per heavy atom. The Bertz CT molecular complexity index is 1160. The maximum Gasteiger partial charge on any atom is 0.230 e. The topological polar surface area (TPSA) is 56.9 Å². The van der Waals surface area contributed by atoms with E-state index in [1.165, 1.54) is 27.7 Å². The second-order valence-corrected chi connectivity index (χ2v) is 9.01. The normalized spacial score (nSPS) is 16.3. The van der Waals surface area contributed by atoms with Crippen molar-refractivity contribution in [3.63, 3.8) is 0 Å². The van der Waals surface area contributed by atoms with Crippen molar-refractivity contribution in [2.75, 3.05) is 31.1 Å². The van der Waals surface area contributed by atoms with Gasteiger partial charge in [0.1, 0.15) is 6.33 Å². The molecule has 0 aliphatic carbocycles. The Labute approximate surface area is 184 Å². The second-order valence-electron chi connectivity index (χ2n) is 7.56. The molecule has 2 aromatic carbocycles. The quantitative estimate of drug-likeness (QED) is 0.511. The lowest BCUT2D eigenvalue weighted by Gasteiger charge is -2.40. The van der Waals surface area contributed by atoms with Crippen LogP contribution in [0.2, 0.25) is 5.02 Å². The standard InChI is InChI=1S/C22H22ClN5OS/c1-15-5-7-16(8-6-15)19(20-21(29)28-22(30-20)24-14-25-28)27-11-9-26(10-12-27)18-4-2-3-17(23)13-18/h2-8,13-14,19,29H,9-12H2,1H3/t19-/m0/s1. The average Bonchev–Trinajstić information content (AvgIpc) is 3.34. The Kier molecular flexibility index (Phi) is 5.10. The third kappa shape index (κ3) is 3.53. The molecule has 30 heavy (non-hydrogen) atoms. The number of fused-ring (bicyclic) bond motifs is 1. The molecule has 0 spiro atoms. The van der Waals surface area contributed by atoms with Crippen molar-refractivity contribution in [2.45, 2.75) is 13.0 Å². The smallest absolute Gasteiger partial charge is 0.230 e. The summed E-state index contributed by atoms with van der Waals surface area (Å²) in [5.74, 6) is 0.176. The first-order chi connectivity index (χ1) is 14.6. The summed E-state index contributed by atoms with van der Waals surface area (Å²) >= 11 is 7.68. The van der Waals surface area contributed by atoms with E-state index in [4.69, 9.17) is 11.6 Å². The Balaban J connectivity index is 1.46. The first-order valence-electron chi connectivity index (χ1n) is 9.92. The van der Waals surface area contributed by atoms with Gasteiger partial charge in [0.25, 0.3) is 0 Å². The molecule has 0 saturated carbocycles. The van der Waals surface area contributed by atoms with Crippen LogP contribution < -0.4 is 4.90 Å². The van der Waals surface area contributed by atoms with Gasteiger partial charge in [-0.3, -0.25) is 4.90 Å². The third-order valence-corrected chi connectivity index (χ3v) is 6.95. The molecule has 1 N–H and O–H groups in total. The van der Waals surface area contributed by atoms with Gasteiger partial charge < -0.3 is 10.0 Å². The highest BCUT2D eigenvalue weighted by molar-refractivity contribution is 7.17. The molecule has 3 heterocycles. The molecule has 0 amide bonds. The van der Waals surface area contributed by atoms with Crippen LogP contribution in [0.5, 0.6) is 5.88 Å². The number of aromatic hydroxyl groups is 1. The molecule has 1 fully saturated rings. The van der Waals surface area contributed by atoms with E-state index >= 15 is 0 Å². The predicted molar refractivity (Wildman–Crippen MR) is 121 cm³/mol. The number of nitrogens with zero attached hydrogens (tertiary/aromatic N) is 5. The third-order valence-electron chi connectivity index (χ3n) is 5.63. The van der Waals surface area contributed by atoms with Gasteiger partial charge in [-0.25, -0.2) is 4.98 Å². The number of aryl methyl sites for hydroxylation is 1. The minimum Gasteiger partial charge on any atom is -0.492 e. The van der Waals surface area contributed by atoms with Crippen molar-refractivity contribution >= 4 is 33.6 Å². The number of aromatic nitrogens is 3. The van der Waals surface area contributed by atoms with Gasteiger partial charge in [0.15, 0.2) is 0 Å². The van der Waals surface area contributed by atoms with E-state index in [1.54, 1.807) is 0 Å². The van der Waals surface area contributed by atoms with Crippen molar-refractivity contribution in [1.82, 2.24) is 19.5 Å². The van der Waals surface area contributed by atoms with E-state index in [9.17, 15) is 5.11 Å². The summed E-state index contributed by atoms with van der Waals surface area (Å²) < 4.78 is 1.52. The number of thiazole rings is 1. The van der Waals surface area contributed by atoms with Crippen LogP contribution in [-0.2, 0) is 0 Å². The van der Waals surface area contributed by atoms with Gasteiger partial charge in [0, 0.05) is 36.9 Å². The number of piperazine rings is 1. The highest BCUT2D eigenvalue weighted by Crippen LogP contribution is 2.40. The molecule has 1 saturated heterocycles. The van der Waals surface area contributed by atoms with Gasteiger partial charge in [0.05, 0.1) is 10.9 Å². The fraction of sp³-hybridized carbons (Fsp3) is 0.273. The van der Waals surface area contributed by atoms with Crippen LogP contribution in [0.3, 0.4) is 0 Å². The summed E-state index contributed by atoms with van der Waals surface area (Å²) in [4.78, 5) is 10.6. The van der Waals surface area contributed by atoms with E-state index < -0.39 is 0 Å². The van der Waals surface area contributed by atoms with Crippen molar-refractivity contribution in [1.29, 1.82) is 0 Å². The van der Waals surface area contributed by atoms with Crippen LogP contribution in [0.25, 0.3) is 4.96 Å². The number of benzene rings is 2. The van der Waals surface area contributed by atoms with Gasteiger partial charge in [-0.1, -0.05) is 58.8 Å². The summed E-state index contributed by atoms with van der Waals surface area (Å²) in [6.45, 7) is 5.62. The molecule has 8 heteroatoms. The fourth-order valence-electron chi connectivity index (χ4n) is 4.06. The lowest BCUT2D eigenvalue weighted by Crippen LogP contribution is -2.47. The van der Waals surface area contributed by atoms with Crippen LogP contribution in [0.4, 0.5) is 5.69 Å². The SMILES string of the molecule is Cc1ccc([C@@H](c2sc3ncnn3c2O)N2CCN(c3cccc(Cl)c3)CC2)cc1. The Morgan fingerprint density at radius 2 is 1.83 bits per heavy atom. The molecule has 2 aromatic heterocycles. The van der Waals surface area contributed by atoms with Gasteiger partial charge >= 0.3 is 0 Å². The molecular formula is C22H22ClN5OS. The lowest BCUT2D eigenvalue weighted by molar-refractivity contribution is 0.211. The highest BCUT2D eigenvalue weighted by Gasteiger charge is 2.31. The first-order valence-corrected chi connectivity index (χ1v) is 11.1. The van der Waals surface area contributed by atoms with Gasteiger partial charge in [0.2, 0.25) is 10.8 Å². The number of anilines is 1. The van der Waals surface area contributed by atoms with Crippen molar-refractivity contribution in [2.24, 2.45) is 0 Å². The van der Waals surface area contributed by atoms with Crippen molar-refractivity contribution < 1.29 is 5.11 Å². The molecule has 4 aromatic rings. The van der Waals surface area contributed by atoms with E-state index in [0.29, 0.717) is 4.96 Å². The molecule has 6 nitrogen and oxygen atoms in total. The summed E-state index contributed by atoms with van der Waals surface area (Å²) in [7, 11) is 0. The zero-order valence-electron chi connectivity index (χ0n) is 16.6. The van der Waals surface area contributed by atoms with Crippen molar-refractivity contribution in [3.05, 3.63) is 75.9 Å². The van der Waals surface area contributed by atoms with Crippen LogP contribution in [0, 0.1) is 6.92 Å². The molecule has 1 aliphatic heterocycles. The van der Waals surface area contributed by atoms with Crippen LogP contribution >= 0.6 is 22.9 Å². The van der Waals surface area contributed by atoms with Crippen LogP contribution in [-0.4, -0.2) is 50.8 Å². The maximum atomic E-state index is 10.9. The number of rotatable bonds is 4. The molecular weight excluding hydrogens is 418 g/mol. The molecule has 0 radical (unpaired) electrons. The van der Waals surface area contributed by atoms with E-state index in [2.05, 4.69) is 57.1 Å². The van der Waals surface area contributed by atoms with E-state index in [1.807, 2.05) is 18.2 Å². The van der Waals surface area contributed by atoms with Crippen LogP contribution in [0.1, 0.15) is 22.0 Å². The maximum absolute atomic E-state index is 10.9. The number of hydrogen-bond donors (Lipinski definition) is 1. The molecule has 154 valence electrons. The van der Waals surface area contributed by atoms with Crippen LogP contribution in [0.15, 0.2) is 54.9 Å². The zero-order valence-corrected chi connectivity index (χ0v) is 18.1. The molecule has 5 rings (SSSR count). The molecule has 1 aliphatic rings. The van der Waals surface area contributed by atoms with E-state index in [-0.39, 0.29) is 11.9 Å². The fourth-order valence-corrected chi connectivity index (χ4v) is 5.34. The Hall–Kier alpha value is -2.61. The highest BCUT2D eigenvalue weighted by atomic mass is 35.5. The lowest BCUT2D eigenvalue weighted by atomic mass is 10.0.